The van der Waals surface area contributed by atoms with Crippen LogP contribution in [0.3, 0.4) is 0 Å². The lowest BCUT2D eigenvalue weighted by Crippen LogP contribution is -2.27. The highest BCUT2D eigenvalue weighted by molar-refractivity contribution is 5.96. The number of hydrogen-bond acceptors (Lipinski definition) is 2. The number of rotatable bonds is 5. The average molecular weight is 259 g/mol. The van der Waals surface area contributed by atoms with Crippen LogP contribution in [0, 0.1) is 17.5 Å². The Morgan fingerprint density at radius 2 is 1.83 bits per heavy atom. The predicted octanol–water partition coefficient (Wildman–Crippen LogP) is 1.74. The molecule has 0 saturated heterocycles. The van der Waals surface area contributed by atoms with Crippen molar-refractivity contribution in [1.29, 1.82) is 0 Å². The summed E-state index contributed by atoms with van der Waals surface area (Å²) in [5.41, 5.74) is -0.0305. The first-order chi connectivity index (χ1) is 8.41. The van der Waals surface area contributed by atoms with Gasteiger partial charge in [0.2, 0.25) is 5.91 Å². The monoisotopic (exact) mass is 259 g/mol. The van der Waals surface area contributed by atoms with Gasteiger partial charge in [0, 0.05) is 6.54 Å². The van der Waals surface area contributed by atoms with E-state index in [1.54, 1.807) is 0 Å². The van der Waals surface area contributed by atoms with E-state index in [0.717, 1.165) is 12.1 Å². The number of halogens is 3. The highest BCUT2D eigenvalue weighted by Gasteiger charge is 2.13. The van der Waals surface area contributed by atoms with Crippen molar-refractivity contribution in [2.75, 3.05) is 6.54 Å². The van der Waals surface area contributed by atoms with Gasteiger partial charge in [0.05, 0.1) is 6.42 Å². The minimum Gasteiger partial charge on any atom is -0.355 e. The number of hydrogen-bond donors (Lipinski definition) is 1. The number of carbonyl (C=O) groups is 2. The molecule has 1 rings (SSSR count). The fourth-order valence-corrected chi connectivity index (χ4v) is 1.38. The van der Waals surface area contributed by atoms with Crippen LogP contribution in [0.2, 0.25) is 0 Å². The predicted molar refractivity (Wildman–Crippen MR) is 58.3 cm³/mol. The second kappa shape index (κ2) is 6.18. The van der Waals surface area contributed by atoms with Gasteiger partial charge in [-0.15, -0.1) is 0 Å². The lowest BCUT2D eigenvalue weighted by molar-refractivity contribution is -0.127. The summed E-state index contributed by atoms with van der Waals surface area (Å²) in [5.74, 6) is -4.80. The molecule has 0 fully saturated rings. The lowest BCUT2D eigenvalue weighted by atomic mass is 10.1. The molecule has 0 radical (unpaired) electrons. The van der Waals surface area contributed by atoms with Gasteiger partial charge in [-0.2, -0.15) is 0 Å². The Morgan fingerprint density at radius 1 is 1.17 bits per heavy atom. The van der Waals surface area contributed by atoms with Gasteiger partial charge in [0.25, 0.3) is 0 Å². The molecule has 1 amide bonds. The zero-order valence-electron chi connectivity index (χ0n) is 9.73. The molecule has 0 aliphatic rings. The fraction of sp³-hybridized carbons (Fsp3) is 0.333. The van der Waals surface area contributed by atoms with Gasteiger partial charge >= 0.3 is 0 Å². The van der Waals surface area contributed by atoms with Gasteiger partial charge in [0.15, 0.2) is 17.5 Å². The smallest absolute Gasteiger partial charge is 0.227 e. The highest BCUT2D eigenvalue weighted by atomic mass is 19.2. The number of benzene rings is 1. The minimum atomic E-state index is -1.53. The Bertz CT molecular complexity index is 475. The third kappa shape index (κ3) is 3.87. The maximum atomic E-state index is 13.2. The molecule has 1 N–H and O–H groups in total. The van der Waals surface area contributed by atoms with E-state index in [-0.39, 0.29) is 30.7 Å². The molecule has 98 valence electrons. The third-order valence-corrected chi connectivity index (χ3v) is 2.24. The second-order valence-corrected chi connectivity index (χ2v) is 3.81. The van der Waals surface area contributed by atoms with E-state index in [9.17, 15) is 22.8 Å². The summed E-state index contributed by atoms with van der Waals surface area (Å²) in [4.78, 5) is 21.7. The summed E-state index contributed by atoms with van der Waals surface area (Å²) < 4.78 is 38.7. The number of Topliss-reactive ketones (excluding diaryl/α,β-unsaturated/α-hetero) is 1. The standard InChI is InChI=1S/C12H12F3NO2/c1-7(17)6-10(18)16-5-4-8-2-3-9(13)12(15)11(8)14/h2-3H,4-6H2,1H3,(H,16,18). The van der Waals surface area contributed by atoms with Crippen molar-refractivity contribution in [1.82, 2.24) is 5.32 Å². The molecule has 0 heterocycles. The molecule has 1 aromatic carbocycles. The Kier molecular flexibility index (Phi) is 4.88. The largest absolute Gasteiger partial charge is 0.355 e. The number of carbonyl (C=O) groups excluding carboxylic acids is 2. The molecule has 6 heteroatoms. The average Bonchev–Trinajstić information content (AvgIpc) is 2.28. The molecular weight excluding hydrogens is 247 g/mol. The Balaban J connectivity index is 2.52. The summed E-state index contributed by atoms with van der Waals surface area (Å²) in [7, 11) is 0. The molecule has 1 aromatic rings. The first-order valence-corrected chi connectivity index (χ1v) is 5.30. The molecular formula is C12H12F3NO2. The van der Waals surface area contributed by atoms with Crippen LogP contribution in [-0.4, -0.2) is 18.2 Å². The molecule has 18 heavy (non-hydrogen) atoms. The maximum Gasteiger partial charge on any atom is 0.227 e. The van der Waals surface area contributed by atoms with Gasteiger partial charge < -0.3 is 5.32 Å². The Morgan fingerprint density at radius 3 is 2.44 bits per heavy atom. The number of ketones is 1. The van der Waals surface area contributed by atoms with Crippen LogP contribution >= 0.6 is 0 Å². The molecule has 0 aliphatic heterocycles. The van der Waals surface area contributed by atoms with E-state index < -0.39 is 23.4 Å². The van der Waals surface area contributed by atoms with Crippen molar-refractivity contribution < 1.29 is 22.8 Å². The van der Waals surface area contributed by atoms with Crippen LogP contribution < -0.4 is 5.32 Å². The summed E-state index contributed by atoms with van der Waals surface area (Å²) in [5, 5.41) is 2.38. The maximum absolute atomic E-state index is 13.2. The van der Waals surface area contributed by atoms with Crippen molar-refractivity contribution >= 4 is 11.7 Å². The Labute approximate surface area is 102 Å². The molecule has 0 aliphatic carbocycles. The first kappa shape index (κ1) is 14.2. The van der Waals surface area contributed by atoms with Crippen molar-refractivity contribution in [2.24, 2.45) is 0 Å². The fourth-order valence-electron chi connectivity index (χ4n) is 1.38. The van der Waals surface area contributed by atoms with Crippen LogP contribution in [0.4, 0.5) is 13.2 Å². The van der Waals surface area contributed by atoms with Crippen molar-refractivity contribution in [3.8, 4) is 0 Å². The second-order valence-electron chi connectivity index (χ2n) is 3.81. The summed E-state index contributed by atoms with van der Waals surface area (Å²) in [6.45, 7) is 1.32. The van der Waals surface area contributed by atoms with E-state index >= 15 is 0 Å². The van der Waals surface area contributed by atoms with Gasteiger partial charge in [-0.1, -0.05) is 6.07 Å². The van der Waals surface area contributed by atoms with Crippen molar-refractivity contribution in [2.45, 2.75) is 19.8 Å². The third-order valence-electron chi connectivity index (χ3n) is 2.24. The van der Waals surface area contributed by atoms with E-state index in [1.807, 2.05) is 0 Å². The SMILES string of the molecule is CC(=O)CC(=O)NCCc1ccc(F)c(F)c1F. The summed E-state index contributed by atoms with van der Waals surface area (Å²) >= 11 is 0. The van der Waals surface area contributed by atoms with Crippen molar-refractivity contribution in [3.63, 3.8) is 0 Å². The molecule has 0 unspecified atom stereocenters. The van der Waals surface area contributed by atoms with Gasteiger partial charge in [0.1, 0.15) is 5.78 Å². The number of amides is 1. The first-order valence-electron chi connectivity index (χ1n) is 5.30. The number of nitrogens with one attached hydrogen (secondary N) is 1. The normalized spacial score (nSPS) is 10.2. The molecule has 0 saturated carbocycles. The van der Waals surface area contributed by atoms with E-state index in [1.165, 1.54) is 6.92 Å². The van der Waals surface area contributed by atoms with Crippen LogP contribution in [0.1, 0.15) is 18.9 Å². The van der Waals surface area contributed by atoms with Crippen molar-refractivity contribution in [3.05, 3.63) is 35.1 Å². The topological polar surface area (TPSA) is 46.2 Å². The zero-order chi connectivity index (χ0) is 13.7. The van der Waals surface area contributed by atoms with Crippen LogP contribution in [0.25, 0.3) is 0 Å². The van der Waals surface area contributed by atoms with E-state index in [4.69, 9.17) is 0 Å². The molecule has 0 atom stereocenters. The summed E-state index contributed by atoms with van der Waals surface area (Å²) in [6, 6.07) is 1.94. The lowest BCUT2D eigenvalue weighted by Gasteiger charge is -2.06. The quantitative estimate of drug-likeness (QED) is 0.646. The van der Waals surface area contributed by atoms with Gasteiger partial charge in [-0.25, -0.2) is 13.2 Å². The molecule has 0 bridgehead atoms. The summed E-state index contributed by atoms with van der Waals surface area (Å²) in [6.07, 6.45) is -0.229. The van der Waals surface area contributed by atoms with Crippen LogP contribution in [0.5, 0.6) is 0 Å². The Hall–Kier alpha value is -1.85. The zero-order valence-corrected chi connectivity index (χ0v) is 9.73. The molecule has 3 nitrogen and oxygen atoms in total. The minimum absolute atomic E-state index is 0.0205. The molecule has 0 spiro atoms. The highest BCUT2D eigenvalue weighted by Crippen LogP contribution is 2.15. The van der Waals surface area contributed by atoms with E-state index in [2.05, 4.69) is 5.32 Å². The van der Waals surface area contributed by atoms with Gasteiger partial charge in [-0.3, -0.25) is 9.59 Å². The van der Waals surface area contributed by atoms with Crippen LogP contribution in [-0.2, 0) is 16.0 Å². The van der Waals surface area contributed by atoms with E-state index in [0.29, 0.717) is 0 Å². The van der Waals surface area contributed by atoms with Crippen LogP contribution in [0.15, 0.2) is 12.1 Å². The molecule has 0 aromatic heterocycles. The van der Waals surface area contributed by atoms with Gasteiger partial charge in [-0.05, 0) is 25.0 Å².